The normalized spacial score (nSPS) is 28.2. The maximum absolute atomic E-state index is 12.9. The molecule has 2 aliphatic carbocycles. The Hall–Kier alpha value is -2.62. The molecule has 1 spiro atoms. The maximum Gasteiger partial charge on any atom is 0.280 e. The van der Waals surface area contributed by atoms with E-state index in [0.717, 1.165) is 37.7 Å². The molecule has 0 radical (unpaired) electrons. The summed E-state index contributed by atoms with van der Waals surface area (Å²) in [4.78, 5) is 8.84. The maximum atomic E-state index is 12.9. The van der Waals surface area contributed by atoms with E-state index in [4.69, 9.17) is 4.52 Å². The number of rotatable bonds is 4. The van der Waals surface area contributed by atoms with Gasteiger partial charge in [0.25, 0.3) is 16.1 Å². The molecule has 3 atom stereocenters. The van der Waals surface area contributed by atoms with Crippen molar-refractivity contribution in [3.63, 3.8) is 0 Å². The lowest BCUT2D eigenvalue weighted by atomic mass is 9.79. The largest absolute Gasteiger partial charge is 0.334 e. The summed E-state index contributed by atoms with van der Waals surface area (Å²) in [6.45, 7) is 3.18. The van der Waals surface area contributed by atoms with Gasteiger partial charge in [0.2, 0.25) is 5.82 Å². The van der Waals surface area contributed by atoms with Crippen molar-refractivity contribution in [2.24, 2.45) is 11.8 Å². The van der Waals surface area contributed by atoms with E-state index in [9.17, 15) is 8.42 Å². The molecule has 6 rings (SSSR count). The lowest BCUT2D eigenvalue weighted by molar-refractivity contribution is 0.213. The van der Waals surface area contributed by atoms with Crippen LogP contribution < -0.4 is 4.72 Å². The third-order valence-corrected chi connectivity index (χ3v) is 9.23. The second-order valence-corrected chi connectivity index (χ2v) is 11.2. The second-order valence-electron chi connectivity index (χ2n) is 9.48. The monoisotopic (exact) mass is 465 g/mol. The van der Waals surface area contributed by atoms with Crippen LogP contribution in [0.1, 0.15) is 37.3 Å². The van der Waals surface area contributed by atoms with Gasteiger partial charge in [-0.05, 0) is 79.3 Å². The predicted octanol–water partition coefficient (Wildman–Crippen LogP) is 3.22. The van der Waals surface area contributed by atoms with Crippen LogP contribution in [0.2, 0.25) is 0 Å². The van der Waals surface area contributed by atoms with E-state index in [2.05, 4.69) is 32.0 Å². The zero-order chi connectivity index (χ0) is 22.6. The molecule has 2 aromatic heterocycles. The summed E-state index contributed by atoms with van der Waals surface area (Å²) in [6, 6.07) is 11.9. The van der Waals surface area contributed by atoms with Gasteiger partial charge in [0.15, 0.2) is 0 Å². The highest BCUT2D eigenvalue weighted by molar-refractivity contribution is 7.87. The van der Waals surface area contributed by atoms with Crippen molar-refractivity contribution in [2.75, 3.05) is 13.1 Å². The number of nitrogens with zero attached hydrogens (tertiary/aromatic N) is 4. The number of nitrogens with one attached hydrogen (secondary N) is 1. The summed E-state index contributed by atoms with van der Waals surface area (Å²) in [6.07, 6.45) is 6.37. The Bertz CT molecular complexity index is 1290. The molecule has 1 N–H and O–H groups in total. The fourth-order valence-corrected chi connectivity index (χ4v) is 7.84. The molecule has 1 saturated heterocycles. The third-order valence-electron chi connectivity index (χ3n) is 7.60. The van der Waals surface area contributed by atoms with Crippen molar-refractivity contribution < 1.29 is 12.9 Å². The van der Waals surface area contributed by atoms with Gasteiger partial charge in [-0.25, -0.2) is 0 Å². The zero-order valence-electron chi connectivity index (χ0n) is 18.6. The Morgan fingerprint density at radius 3 is 2.73 bits per heavy atom. The average Bonchev–Trinajstić information content (AvgIpc) is 3.45. The van der Waals surface area contributed by atoms with Crippen LogP contribution in [-0.4, -0.2) is 46.5 Å². The summed E-state index contributed by atoms with van der Waals surface area (Å²) in [7, 11) is -3.42. The van der Waals surface area contributed by atoms with Gasteiger partial charge in [-0.1, -0.05) is 24.2 Å². The molecule has 1 aliphatic heterocycles. The Kier molecular flexibility index (Phi) is 4.90. The van der Waals surface area contributed by atoms with Crippen LogP contribution in [0, 0.1) is 11.8 Å². The Morgan fingerprint density at radius 2 is 1.97 bits per heavy atom. The smallest absolute Gasteiger partial charge is 0.280 e. The fraction of sp³-hybridized carbons (Fsp3) is 0.458. The van der Waals surface area contributed by atoms with Crippen molar-refractivity contribution in [2.45, 2.75) is 44.6 Å². The molecule has 0 unspecified atom stereocenters. The highest BCUT2D eigenvalue weighted by Gasteiger charge is 2.59. The third kappa shape index (κ3) is 3.41. The number of hydrogen-bond donors (Lipinski definition) is 1. The van der Waals surface area contributed by atoms with Crippen molar-refractivity contribution in [3.8, 4) is 23.0 Å². The number of benzene rings is 1. The first-order valence-corrected chi connectivity index (χ1v) is 13.1. The summed E-state index contributed by atoms with van der Waals surface area (Å²) < 4.78 is 36.1. The number of fused-ring (bicyclic) bond motifs is 1. The first-order chi connectivity index (χ1) is 16.0. The average molecular weight is 466 g/mol. The van der Waals surface area contributed by atoms with Crippen LogP contribution in [0.15, 0.2) is 47.1 Å². The molecule has 9 heteroatoms. The minimum absolute atomic E-state index is 0.280. The SMILES string of the molecule is CCCN1C[C@@]2(NS1(=O)=O)[C@@H]1CC[C@H]2Cc2cc(-c3nc(-c4ccccn4)no3)ccc2C1. The van der Waals surface area contributed by atoms with Crippen LogP contribution in [0.3, 0.4) is 0 Å². The summed E-state index contributed by atoms with van der Waals surface area (Å²) >= 11 is 0. The molecule has 172 valence electrons. The fourth-order valence-electron chi connectivity index (χ4n) is 6.03. The van der Waals surface area contributed by atoms with Crippen LogP contribution in [-0.2, 0) is 23.1 Å². The van der Waals surface area contributed by atoms with Crippen LogP contribution >= 0.6 is 0 Å². The molecular formula is C24H27N5O3S. The van der Waals surface area contributed by atoms with Crippen LogP contribution in [0.4, 0.5) is 0 Å². The quantitative estimate of drug-likeness (QED) is 0.635. The lowest BCUT2D eigenvalue weighted by Gasteiger charge is -2.33. The van der Waals surface area contributed by atoms with Crippen molar-refractivity contribution in [1.29, 1.82) is 0 Å². The van der Waals surface area contributed by atoms with Gasteiger partial charge in [-0.3, -0.25) is 4.98 Å². The molecule has 2 bridgehead atoms. The minimum atomic E-state index is -3.42. The number of hydrogen-bond acceptors (Lipinski definition) is 6. The summed E-state index contributed by atoms with van der Waals surface area (Å²) in [5.41, 5.74) is 3.73. The molecule has 1 aromatic carbocycles. The van der Waals surface area contributed by atoms with Gasteiger partial charge in [0.1, 0.15) is 5.69 Å². The molecule has 8 nitrogen and oxygen atoms in total. The van der Waals surface area contributed by atoms with Crippen molar-refractivity contribution in [3.05, 3.63) is 53.7 Å². The zero-order valence-corrected chi connectivity index (χ0v) is 19.4. The van der Waals surface area contributed by atoms with Gasteiger partial charge in [-0.2, -0.15) is 22.4 Å². The van der Waals surface area contributed by atoms with E-state index in [1.165, 1.54) is 11.1 Å². The van der Waals surface area contributed by atoms with Gasteiger partial charge < -0.3 is 4.52 Å². The van der Waals surface area contributed by atoms with Crippen molar-refractivity contribution >= 4 is 10.2 Å². The molecular weight excluding hydrogens is 438 g/mol. The van der Waals surface area contributed by atoms with E-state index in [1.54, 1.807) is 10.5 Å². The van der Waals surface area contributed by atoms with Gasteiger partial charge in [0, 0.05) is 24.8 Å². The molecule has 0 amide bonds. The molecule has 3 aromatic rings. The van der Waals surface area contributed by atoms with Gasteiger partial charge in [0.05, 0.1) is 5.54 Å². The Labute approximate surface area is 193 Å². The summed E-state index contributed by atoms with van der Waals surface area (Å²) in [5, 5.41) is 4.10. The molecule has 1 saturated carbocycles. The number of pyridine rings is 1. The molecule has 3 heterocycles. The Balaban J connectivity index is 1.31. The predicted molar refractivity (Wildman–Crippen MR) is 123 cm³/mol. The first kappa shape index (κ1) is 20.9. The van der Waals surface area contributed by atoms with Crippen molar-refractivity contribution in [1.82, 2.24) is 24.2 Å². The second kappa shape index (κ2) is 7.72. The highest BCUT2D eigenvalue weighted by atomic mass is 32.2. The van der Waals surface area contributed by atoms with Crippen LogP contribution in [0.25, 0.3) is 23.0 Å². The molecule has 2 fully saturated rings. The van der Waals surface area contributed by atoms with E-state index < -0.39 is 10.2 Å². The van der Waals surface area contributed by atoms with Gasteiger partial charge in [-0.15, -0.1) is 0 Å². The topological polar surface area (TPSA) is 101 Å². The number of aromatic nitrogens is 3. The molecule has 3 aliphatic rings. The minimum Gasteiger partial charge on any atom is -0.334 e. The standard InChI is InChI=1S/C24H27N5O3S/c1-2-11-29-15-24(28-33(29,30)31)19-8-9-20(24)14-18-12-17(7-6-16(18)13-19)23-26-22(27-32-23)21-5-3-4-10-25-21/h3-7,10,12,19-20,28H,2,8-9,11,13-15H2,1H3/t19-,20+,24-/m1/s1. The van der Waals surface area contributed by atoms with Crippen LogP contribution in [0.5, 0.6) is 0 Å². The van der Waals surface area contributed by atoms with Gasteiger partial charge >= 0.3 is 0 Å². The lowest BCUT2D eigenvalue weighted by Crippen LogP contribution is -2.52. The molecule has 33 heavy (non-hydrogen) atoms. The van der Waals surface area contributed by atoms with E-state index >= 15 is 0 Å². The summed E-state index contributed by atoms with van der Waals surface area (Å²) in [5.74, 6) is 1.53. The first-order valence-electron chi connectivity index (χ1n) is 11.6. The van der Waals surface area contributed by atoms with E-state index in [-0.39, 0.29) is 11.5 Å². The highest BCUT2D eigenvalue weighted by Crippen LogP contribution is 2.50. The van der Waals surface area contributed by atoms with E-state index in [0.29, 0.717) is 36.4 Å². The Morgan fingerprint density at radius 1 is 1.15 bits per heavy atom. The van der Waals surface area contributed by atoms with E-state index in [1.807, 2.05) is 31.2 Å².